The molecule has 6 rings (SSSR count). The van der Waals surface area contributed by atoms with Crippen LogP contribution < -0.4 is 5.32 Å². The second-order valence-corrected chi connectivity index (χ2v) is 9.25. The van der Waals surface area contributed by atoms with Gasteiger partial charge in [-0.3, -0.25) is 14.7 Å². The van der Waals surface area contributed by atoms with E-state index in [2.05, 4.69) is 15.5 Å². The van der Waals surface area contributed by atoms with Gasteiger partial charge in [0.25, 0.3) is 0 Å². The van der Waals surface area contributed by atoms with Crippen molar-refractivity contribution in [1.29, 1.82) is 0 Å². The molecule has 4 aliphatic carbocycles. The molecule has 1 aromatic rings. The van der Waals surface area contributed by atoms with Gasteiger partial charge in [0.1, 0.15) is 6.04 Å². The van der Waals surface area contributed by atoms with Gasteiger partial charge < -0.3 is 10.2 Å². The van der Waals surface area contributed by atoms with Crippen LogP contribution in [0.3, 0.4) is 0 Å². The Morgan fingerprint density at radius 1 is 1.19 bits per heavy atom. The van der Waals surface area contributed by atoms with Crippen LogP contribution in [0.5, 0.6) is 0 Å². The van der Waals surface area contributed by atoms with E-state index < -0.39 is 0 Å². The SMILES string of the molecule is Cc1[nH]ncc1NC(=O)[C@@H]1CCCN1C(=O)C12CC3CC(CC(C3)C1)C2. The number of nitrogens with one attached hydrogen (secondary N) is 2. The van der Waals surface area contributed by atoms with Crippen molar-refractivity contribution in [3.05, 3.63) is 11.9 Å². The second-order valence-electron chi connectivity index (χ2n) is 9.25. The Labute approximate surface area is 154 Å². The van der Waals surface area contributed by atoms with Crippen LogP contribution in [0, 0.1) is 30.1 Å². The molecular formula is C20H28N4O2. The van der Waals surface area contributed by atoms with Crippen LogP contribution in [0.15, 0.2) is 6.20 Å². The summed E-state index contributed by atoms with van der Waals surface area (Å²) in [5.41, 5.74) is 1.39. The van der Waals surface area contributed by atoms with Crippen molar-refractivity contribution in [2.45, 2.75) is 64.3 Å². The summed E-state index contributed by atoms with van der Waals surface area (Å²) in [6, 6.07) is -0.329. The molecule has 1 atom stereocenters. The first-order valence-corrected chi connectivity index (χ1v) is 10.2. The largest absolute Gasteiger partial charge is 0.330 e. The molecule has 1 aromatic heterocycles. The predicted octanol–water partition coefficient (Wildman–Crippen LogP) is 2.86. The third-order valence-corrected chi connectivity index (χ3v) is 7.40. The predicted molar refractivity (Wildman–Crippen MR) is 97.3 cm³/mol. The molecular weight excluding hydrogens is 328 g/mol. The smallest absolute Gasteiger partial charge is 0.247 e. The van der Waals surface area contributed by atoms with Crippen LogP contribution in [0.2, 0.25) is 0 Å². The zero-order valence-electron chi connectivity index (χ0n) is 15.5. The number of anilines is 1. The van der Waals surface area contributed by atoms with Crippen molar-refractivity contribution >= 4 is 17.5 Å². The lowest BCUT2D eigenvalue weighted by atomic mass is 9.49. The molecule has 4 saturated carbocycles. The van der Waals surface area contributed by atoms with Crippen molar-refractivity contribution in [2.75, 3.05) is 11.9 Å². The van der Waals surface area contributed by atoms with Gasteiger partial charge >= 0.3 is 0 Å². The first kappa shape index (κ1) is 16.3. The van der Waals surface area contributed by atoms with Gasteiger partial charge in [-0.15, -0.1) is 0 Å². The van der Waals surface area contributed by atoms with Crippen LogP contribution in [0.25, 0.3) is 0 Å². The lowest BCUT2D eigenvalue weighted by Crippen LogP contribution is -2.56. The van der Waals surface area contributed by atoms with Gasteiger partial charge in [-0.05, 0) is 76.0 Å². The summed E-state index contributed by atoms with van der Waals surface area (Å²) in [5.74, 6) is 2.44. The van der Waals surface area contributed by atoms with Gasteiger partial charge in [0.05, 0.1) is 23.0 Å². The number of carbonyl (C=O) groups excluding carboxylic acids is 2. The van der Waals surface area contributed by atoms with Crippen LogP contribution >= 0.6 is 0 Å². The molecule has 2 N–H and O–H groups in total. The van der Waals surface area contributed by atoms with Crippen molar-refractivity contribution in [3.8, 4) is 0 Å². The molecule has 0 spiro atoms. The number of rotatable bonds is 3. The number of aromatic amines is 1. The first-order valence-electron chi connectivity index (χ1n) is 10.2. The van der Waals surface area contributed by atoms with E-state index in [9.17, 15) is 9.59 Å². The number of H-pyrrole nitrogens is 1. The fourth-order valence-corrected chi connectivity index (χ4v) is 6.65. The Bertz CT molecular complexity index is 705. The second kappa shape index (κ2) is 5.83. The van der Waals surface area contributed by atoms with Gasteiger partial charge in [0, 0.05) is 6.54 Å². The van der Waals surface area contributed by atoms with Crippen LogP contribution in [-0.2, 0) is 9.59 Å². The van der Waals surface area contributed by atoms with E-state index in [4.69, 9.17) is 0 Å². The first-order chi connectivity index (χ1) is 12.5. The standard InChI is InChI=1S/C20H28N4O2/c1-12-16(11-21-23-12)22-18(25)17-3-2-4-24(17)19(26)20-8-13-5-14(9-20)7-15(6-13)10-20/h11,13-15,17H,2-10H2,1H3,(H,21,23)(H,22,25)/t13?,14?,15?,17-,20?/m0/s1. The van der Waals surface area contributed by atoms with Crippen molar-refractivity contribution in [1.82, 2.24) is 15.1 Å². The van der Waals surface area contributed by atoms with E-state index >= 15 is 0 Å². The van der Waals surface area contributed by atoms with Gasteiger partial charge in [-0.1, -0.05) is 0 Å². The lowest BCUT2D eigenvalue weighted by molar-refractivity contribution is -0.160. The summed E-state index contributed by atoms with van der Waals surface area (Å²) in [5, 5.41) is 9.77. The Balaban J connectivity index is 1.35. The minimum Gasteiger partial charge on any atom is -0.330 e. The van der Waals surface area contributed by atoms with Gasteiger partial charge in [-0.2, -0.15) is 5.10 Å². The monoisotopic (exact) mass is 356 g/mol. The van der Waals surface area contributed by atoms with Gasteiger partial charge in [-0.25, -0.2) is 0 Å². The summed E-state index contributed by atoms with van der Waals surface area (Å²) in [7, 11) is 0. The quantitative estimate of drug-likeness (QED) is 0.874. The molecule has 26 heavy (non-hydrogen) atoms. The highest BCUT2D eigenvalue weighted by Gasteiger charge is 2.56. The number of likely N-dealkylation sites (tertiary alicyclic amines) is 1. The number of hydrogen-bond donors (Lipinski definition) is 2. The Morgan fingerprint density at radius 2 is 1.85 bits per heavy atom. The number of amides is 2. The molecule has 1 aliphatic heterocycles. The average molecular weight is 356 g/mol. The number of aryl methyl sites for hydroxylation is 1. The van der Waals surface area contributed by atoms with Gasteiger partial charge in [0.2, 0.25) is 11.8 Å². The third-order valence-electron chi connectivity index (χ3n) is 7.40. The van der Waals surface area contributed by atoms with Gasteiger partial charge in [0.15, 0.2) is 0 Å². The molecule has 140 valence electrons. The Morgan fingerprint density at radius 3 is 2.42 bits per heavy atom. The summed E-state index contributed by atoms with van der Waals surface area (Å²) in [4.78, 5) is 28.4. The fraction of sp³-hybridized carbons (Fsp3) is 0.750. The maximum atomic E-state index is 13.6. The molecule has 0 radical (unpaired) electrons. The van der Waals surface area contributed by atoms with E-state index in [-0.39, 0.29) is 23.3 Å². The summed E-state index contributed by atoms with van der Waals surface area (Å²) in [6.45, 7) is 2.61. The zero-order valence-corrected chi connectivity index (χ0v) is 15.5. The zero-order chi connectivity index (χ0) is 17.9. The lowest BCUT2D eigenvalue weighted by Gasteiger charge is -2.56. The Hall–Kier alpha value is -1.85. The van der Waals surface area contributed by atoms with E-state index in [1.807, 2.05) is 11.8 Å². The highest BCUT2D eigenvalue weighted by Crippen LogP contribution is 2.60. The van der Waals surface area contributed by atoms with Crippen LogP contribution in [-0.4, -0.2) is 39.5 Å². The van der Waals surface area contributed by atoms with Crippen LogP contribution in [0.1, 0.15) is 57.1 Å². The molecule has 5 fully saturated rings. The topological polar surface area (TPSA) is 78.1 Å². The highest BCUT2D eigenvalue weighted by molar-refractivity contribution is 5.98. The molecule has 4 bridgehead atoms. The van der Waals surface area contributed by atoms with Crippen molar-refractivity contribution in [2.24, 2.45) is 23.2 Å². The van der Waals surface area contributed by atoms with Crippen LogP contribution in [0.4, 0.5) is 5.69 Å². The van der Waals surface area contributed by atoms with E-state index in [1.54, 1.807) is 6.20 Å². The average Bonchev–Trinajstić information content (AvgIpc) is 3.22. The summed E-state index contributed by atoms with van der Waals surface area (Å²) in [6.07, 6.45) is 10.5. The third kappa shape index (κ3) is 2.48. The minimum atomic E-state index is -0.329. The highest BCUT2D eigenvalue weighted by atomic mass is 16.2. The molecule has 0 aromatic carbocycles. The fourth-order valence-electron chi connectivity index (χ4n) is 6.65. The number of aromatic nitrogens is 2. The number of nitrogens with zero attached hydrogens (tertiary/aromatic N) is 2. The molecule has 5 aliphatic rings. The normalized spacial score (nSPS) is 38.0. The molecule has 2 amide bonds. The Kier molecular flexibility index (Phi) is 3.66. The van der Waals surface area contributed by atoms with Crippen molar-refractivity contribution < 1.29 is 9.59 Å². The summed E-state index contributed by atoms with van der Waals surface area (Å²) < 4.78 is 0. The summed E-state index contributed by atoms with van der Waals surface area (Å²) >= 11 is 0. The molecule has 0 unspecified atom stereocenters. The minimum absolute atomic E-state index is 0.0647. The number of carbonyl (C=O) groups is 2. The van der Waals surface area contributed by atoms with Crippen molar-refractivity contribution in [3.63, 3.8) is 0 Å². The molecule has 6 heteroatoms. The van der Waals surface area contributed by atoms with E-state index in [0.29, 0.717) is 5.69 Å². The molecule has 6 nitrogen and oxygen atoms in total. The maximum Gasteiger partial charge on any atom is 0.247 e. The van der Waals surface area contributed by atoms with E-state index in [0.717, 1.165) is 62.1 Å². The maximum absolute atomic E-state index is 13.6. The number of hydrogen-bond acceptors (Lipinski definition) is 3. The van der Waals surface area contributed by atoms with E-state index in [1.165, 1.54) is 19.3 Å². The molecule has 2 heterocycles. The molecule has 1 saturated heterocycles.